The van der Waals surface area contributed by atoms with Gasteiger partial charge in [0.05, 0.1) is 24.4 Å². The minimum Gasteiger partial charge on any atom is -0.483 e. The number of thiocarbonyl (C=S) groups is 1. The predicted octanol–water partition coefficient (Wildman–Crippen LogP) is 3.23. The van der Waals surface area contributed by atoms with Crippen molar-refractivity contribution in [1.29, 1.82) is 0 Å². The molecule has 1 amide bonds. The van der Waals surface area contributed by atoms with Gasteiger partial charge in [0.1, 0.15) is 5.75 Å². The lowest BCUT2D eigenvalue weighted by atomic mass is 9.95. The number of amides is 1. The SMILES string of the molecule is CCOC(=O)C1=C(C)NC(=S)N[C@@H]1c1ccccc1OCC(=O)NN=Cc1ccc(Cl)cc1. The molecule has 0 aliphatic carbocycles. The van der Waals surface area contributed by atoms with Gasteiger partial charge >= 0.3 is 5.97 Å². The number of halogens is 1. The van der Waals surface area contributed by atoms with Crippen molar-refractivity contribution in [3.63, 3.8) is 0 Å². The number of allylic oxidation sites excluding steroid dienone is 1. The molecule has 0 saturated heterocycles. The molecular weight excluding hydrogens is 464 g/mol. The van der Waals surface area contributed by atoms with Crippen LogP contribution in [0.3, 0.4) is 0 Å². The summed E-state index contributed by atoms with van der Waals surface area (Å²) in [7, 11) is 0. The second-order valence-corrected chi connectivity index (χ2v) is 7.81. The number of benzene rings is 2. The third-order valence-corrected chi connectivity index (χ3v) is 5.10. The highest BCUT2D eigenvalue weighted by Crippen LogP contribution is 2.33. The highest BCUT2D eigenvalue weighted by molar-refractivity contribution is 7.80. The van der Waals surface area contributed by atoms with E-state index in [0.717, 1.165) is 5.56 Å². The highest BCUT2D eigenvalue weighted by Gasteiger charge is 2.32. The van der Waals surface area contributed by atoms with Gasteiger partial charge in [0.2, 0.25) is 0 Å². The molecule has 10 heteroatoms. The minimum atomic E-state index is -0.597. The van der Waals surface area contributed by atoms with Crippen molar-refractivity contribution in [2.24, 2.45) is 5.10 Å². The summed E-state index contributed by atoms with van der Waals surface area (Å²) in [5.41, 5.74) is 4.82. The number of esters is 1. The quantitative estimate of drug-likeness (QED) is 0.228. The lowest BCUT2D eigenvalue weighted by Crippen LogP contribution is -2.45. The normalized spacial score (nSPS) is 15.6. The molecule has 0 aromatic heterocycles. The van der Waals surface area contributed by atoms with E-state index in [9.17, 15) is 9.59 Å². The van der Waals surface area contributed by atoms with Gasteiger partial charge in [-0.3, -0.25) is 4.79 Å². The Kier molecular flexibility index (Phi) is 8.39. The molecule has 2 aromatic rings. The third kappa shape index (κ3) is 6.53. The monoisotopic (exact) mass is 486 g/mol. The Morgan fingerprint density at radius 2 is 1.94 bits per heavy atom. The molecule has 0 spiro atoms. The smallest absolute Gasteiger partial charge is 0.338 e. The van der Waals surface area contributed by atoms with Crippen molar-refractivity contribution in [1.82, 2.24) is 16.1 Å². The van der Waals surface area contributed by atoms with Crippen LogP contribution in [-0.2, 0) is 14.3 Å². The van der Waals surface area contributed by atoms with Crippen LogP contribution in [0.25, 0.3) is 0 Å². The maximum atomic E-state index is 12.6. The summed E-state index contributed by atoms with van der Waals surface area (Å²) in [5, 5.41) is 10.9. The number of rotatable bonds is 8. The van der Waals surface area contributed by atoms with Crippen LogP contribution >= 0.6 is 23.8 Å². The number of ether oxygens (including phenoxy) is 2. The Labute approximate surface area is 202 Å². The maximum Gasteiger partial charge on any atom is 0.338 e. The number of hydrogen-bond donors (Lipinski definition) is 3. The van der Waals surface area contributed by atoms with E-state index in [0.29, 0.717) is 32.7 Å². The fourth-order valence-corrected chi connectivity index (χ4v) is 3.56. The van der Waals surface area contributed by atoms with Crippen LogP contribution < -0.4 is 20.8 Å². The van der Waals surface area contributed by atoms with Gasteiger partial charge in [-0.15, -0.1) is 0 Å². The summed E-state index contributed by atoms with van der Waals surface area (Å²) in [5.74, 6) is -0.487. The predicted molar refractivity (Wildman–Crippen MR) is 130 cm³/mol. The molecule has 1 aliphatic rings. The molecule has 1 heterocycles. The van der Waals surface area contributed by atoms with E-state index < -0.39 is 17.9 Å². The summed E-state index contributed by atoms with van der Waals surface area (Å²) in [6, 6.07) is 13.5. The molecule has 0 fully saturated rings. The van der Waals surface area contributed by atoms with E-state index in [-0.39, 0.29) is 13.2 Å². The Morgan fingerprint density at radius 3 is 2.67 bits per heavy atom. The molecule has 1 aliphatic heterocycles. The van der Waals surface area contributed by atoms with Gasteiger partial charge in [-0.2, -0.15) is 5.10 Å². The van der Waals surface area contributed by atoms with Gasteiger partial charge in [0, 0.05) is 16.3 Å². The number of nitrogens with zero attached hydrogens (tertiary/aromatic N) is 1. The van der Waals surface area contributed by atoms with E-state index >= 15 is 0 Å². The number of para-hydroxylation sites is 1. The zero-order valence-electron chi connectivity index (χ0n) is 18.1. The lowest BCUT2D eigenvalue weighted by Gasteiger charge is -2.30. The van der Waals surface area contributed by atoms with Crippen molar-refractivity contribution in [2.75, 3.05) is 13.2 Å². The summed E-state index contributed by atoms with van der Waals surface area (Å²) < 4.78 is 11.0. The van der Waals surface area contributed by atoms with E-state index in [1.54, 1.807) is 56.3 Å². The van der Waals surface area contributed by atoms with Crippen LogP contribution in [0.1, 0.15) is 31.0 Å². The first kappa shape index (κ1) is 24.2. The lowest BCUT2D eigenvalue weighted by molar-refractivity contribution is -0.139. The Bertz CT molecular complexity index is 1100. The van der Waals surface area contributed by atoms with Crippen LogP contribution in [0, 0.1) is 0 Å². The number of hydrazone groups is 1. The average Bonchev–Trinajstić information content (AvgIpc) is 2.79. The molecular formula is C23H23ClN4O4S. The minimum absolute atomic E-state index is 0.238. The van der Waals surface area contributed by atoms with E-state index in [1.807, 2.05) is 6.07 Å². The summed E-state index contributed by atoms with van der Waals surface area (Å²) in [6.45, 7) is 3.45. The van der Waals surface area contributed by atoms with Crippen molar-refractivity contribution in [3.8, 4) is 5.75 Å². The van der Waals surface area contributed by atoms with Crippen LogP contribution in [-0.4, -0.2) is 36.4 Å². The number of carbonyl (C=O) groups excluding carboxylic acids is 2. The topological polar surface area (TPSA) is 101 Å². The Hall–Kier alpha value is -3.43. The van der Waals surface area contributed by atoms with Crippen molar-refractivity contribution >= 4 is 47.0 Å². The summed E-state index contributed by atoms with van der Waals surface area (Å²) in [4.78, 5) is 24.8. The van der Waals surface area contributed by atoms with Gasteiger partial charge < -0.3 is 20.1 Å². The molecule has 0 bridgehead atoms. The van der Waals surface area contributed by atoms with Crippen LogP contribution in [0.2, 0.25) is 5.02 Å². The first-order chi connectivity index (χ1) is 15.9. The third-order valence-electron chi connectivity index (χ3n) is 4.63. The number of hydrogen-bond acceptors (Lipinski definition) is 6. The Balaban J connectivity index is 1.71. The van der Waals surface area contributed by atoms with E-state index in [4.69, 9.17) is 33.3 Å². The molecule has 33 heavy (non-hydrogen) atoms. The van der Waals surface area contributed by atoms with Crippen molar-refractivity contribution < 1.29 is 19.1 Å². The van der Waals surface area contributed by atoms with Gasteiger partial charge in [0.15, 0.2) is 11.7 Å². The Morgan fingerprint density at radius 1 is 1.21 bits per heavy atom. The molecule has 0 unspecified atom stereocenters. The zero-order valence-corrected chi connectivity index (χ0v) is 19.6. The first-order valence-electron chi connectivity index (χ1n) is 10.1. The molecule has 1 atom stereocenters. The molecule has 8 nitrogen and oxygen atoms in total. The number of carbonyl (C=O) groups is 2. The van der Waals surface area contributed by atoms with Gasteiger partial charge in [0.25, 0.3) is 5.91 Å². The van der Waals surface area contributed by atoms with Crippen LogP contribution in [0.5, 0.6) is 5.75 Å². The molecule has 3 N–H and O–H groups in total. The van der Waals surface area contributed by atoms with Crippen LogP contribution in [0.15, 0.2) is 64.9 Å². The van der Waals surface area contributed by atoms with E-state index in [1.165, 1.54) is 6.21 Å². The van der Waals surface area contributed by atoms with Crippen LogP contribution in [0.4, 0.5) is 0 Å². The first-order valence-corrected chi connectivity index (χ1v) is 10.9. The number of nitrogens with one attached hydrogen (secondary N) is 3. The van der Waals surface area contributed by atoms with E-state index in [2.05, 4.69) is 21.2 Å². The second-order valence-electron chi connectivity index (χ2n) is 6.96. The molecule has 3 rings (SSSR count). The summed E-state index contributed by atoms with van der Waals surface area (Å²) >= 11 is 11.1. The maximum absolute atomic E-state index is 12.6. The molecule has 0 radical (unpaired) electrons. The second kappa shape index (κ2) is 11.4. The molecule has 0 saturated carbocycles. The van der Waals surface area contributed by atoms with Crippen molar-refractivity contribution in [2.45, 2.75) is 19.9 Å². The fourth-order valence-electron chi connectivity index (χ4n) is 3.16. The van der Waals surface area contributed by atoms with Gasteiger partial charge in [-0.25, -0.2) is 10.2 Å². The van der Waals surface area contributed by atoms with Gasteiger partial charge in [-0.1, -0.05) is 41.9 Å². The fraction of sp³-hybridized carbons (Fsp3) is 0.217. The molecule has 172 valence electrons. The van der Waals surface area contributed by atoms with Gasteiger partial charge in [-0.05, 0) is 49.8 Å². The zero-order chi connectivity index (χ0) is 23.8. The standard InChI is InChI=1S/C23H23ClN4O4S/c1-3-31-22(30)20-14(2)26-23(33)27-21(20)17-6-4-5-7-18(17)32-13-19(29)28-25-12-15-8-10-16(24)11-9-15/h4-12,21H,3,13H2,1-2H3,(H,28,29)(H2,26,27,33)/t21-/m1/s1. The highest BCUT2D eigenvalue weighted by atomic mass is 35.5. The largest absolute Gasteiger partial charge is 0.483 e. The molecule has 2 aromatic carbocycles. The average molecular weight is 487 g/mol. The van der Waals surface area contributed by atoms with Crippen molar-refractivity contribution in [3.05, 3.63) is 76.0 Å². The summed E-state index contributed by atoms with van der Waals surface area (Å²) in [6.07, 6.45) is 1.50.